The van der Waals surface area contributed by atoms with Crippen LogP contribution in [0.3, 0.4) is 0 Å². The molecule has 0 saturated heterocycles. The van der Waals surface area contributed by atoms with Gasteiger partial charge >= 0.3 is 6.03 Å². The number of para-hydroxylation sites is 1. The lowest BCUT2D eigenvalue weighted by Crippen LogP contribution is -2.42. The maximum absolute atomic E-state index is 13.4. The number of hydrogen-bond donors (Lipinski definition) is 1. The first-order chi connectivity index (χ1) is 14.7. The minimum atomic E-state index is -0.167. The number of rotatable bonds is 6. The zero-order valence-corrected chi connectivity index (χ0v) is 17.7. The highest BCUT2D eigenvalue weighted by Gasteiger charge is 2.32. The summed E-state index contributed by atoms with van der Waals surface area (Å²) < 4.78 is 7.61. The van der Waals surface area contributed by atoms with Crippen LogP contribution < -0.4 is 5.32 Å². The Bertz CT molecular complexity index is 1010. The molecule has 4 rings (SSSR count). The van der Waals surface area contributed by atoms with Gasteiger partial charge in [0.15, 0.2) is 0 Å². The molecule has 0 saturated carbocycles. The van der Waals surface area contributed by atoms with Gasteiger partial charge in [0, 0.05) is 31.6 Å². The Hall–Kier alpha value is -3.05. The van der Waals surface area contributed by atoms with Crippen LogP contribution in [0, 0.1) is 6.92 Å². The number of fused-ring (bicyclic) bond motifs is 3. The summed E-state index contributed by atoms with van der Waals surface area (Å²) in [4.78, 5) is 15.3. The molecule has 1 aliphatic rings. The zero-order valence-electron chi connectivity index (χ0n) is 17.7. The molecule has 156 valence electrons. The summed E-state index contributed by atoms with van der Waals surface area (Å²) in [6.45, 7) is 6.57. The first-order valence-corrected chi connectivity index (χ1v) is 10.6. The van der Waals surface area contributed by atoms with Crippen LogP contribution in [0.1, 0.15) is 41.8 Å². The summed E-state index contributed by atoms with van der Waals surface area (Å²) in [5.41, 5.74) is 5.66. The fourth-order valence-corrected chi connectivity index (χ4v) is 4.15. The number of nitrogens with zero attached hydrogens (tertiary/aromatic N) is 2. The molecule has 2 aromatic carbocycles. The van der Waals surface area contributed by atoms with E-state index < -0.39 is 0 Å². The smallest absolute Gasteiger partial charge is 0.318 e. The van der Waals surface area contributed by atoms with Gasteiger partial charge < -0.3 is 19.5 Å². The third-order valence-corrected chi connectivity index (χ3v) is 5.53. The molecule has 0 radical (unpaired) electrons. The van der Waals surface area contributed by atoms with Crippen molar-refractivity contribution in [2.24, 2.45) is 0 Å². The van der Waals surface area contributed by atoms with E-state index in [9.17, 15) is 4.79 Å². The summed E-state index contributed by atoms with van der Waals surface area (Å²) in [6, 6.07) is 20.7. The Morgan fingerprint density at radius 2 is 2.00 bits per heavy atom. The summed E-state index contributed by atoms with van der Waals surface area (Å²) in [6.07, 6.45) is 2.88. The van der Waals surface area contributed by atoms with Crippen molar-refractivity contribution in [1.82, 2.24) is 14.8 Å². The van der Waals surface area contributed by atoms with Gasteiger partial charge in [-0.25, -0.2) is 4.79 Å². The molecule has 1 N–H and O–H groups in total. The van der Waals surface area contributed by atoms with E-state index in [4.69, 9.17) is 4.74 Å². The van der Waals surface area contributed by atoms with Crippen LogP contribution >= 0.6 is 0 Å². The Morgan fingerprint density at radius 3 is 2.83 bits per heavy atom. The molecule has 0 fully saturated rings. The van der Waals surface area contributed by atoms with E-state index in [1.54, 1.807) is 0 Å². The van der Waals surface area contributed by atoms with E-state index >= 15 is 0 Å². The number of aryl methyl sites for hydroxylation is 1. The fraction of sp³-hybridized carbons (Fsp3) is 0.320. The molecule has 1 unspecified atom stereocenters. The highest BCUT2D eigenvalue weighted by molar-refractivity contribution is 5.76. The predicted molar refractivity (Wildman–Crippen MR) is 119 cm³/mol. The molecular formula is C25H29N3O2. The van der Waals surface area contributed by atoms with Gasteiger partial charge in [-0.2, -0.15) is 0 Å². The molecule has 0 spiro atoms. The second-order valence-corrected chi connectivity index (χ2v) is 7.66. The van der Waals surface area contributed by atoms with Crippen LogP contribution in [0.5, 0.6) is 0 Å². The molecule has 1 aliphatic heterocycles. The van der Waals surface area contributed by atoms with Crippen molar-refractivity contribution in [2.45, 2.75) is 32.9 Å². The largest absolute Gasteiger partial charge is 0.382 e. The van der Waals surface area contributed by atoms with Crippen LogP contribution in [0.2, 0.25) is 0 Å². The maximum atomic E-state index is 13.4. The van der Waals surface area contributed by atoms with E-state index in [1.165, 1.54) is 5.56 Å². The number of ether oxygens (including phenoxy) is 1. The Kier molecular flexibility index (Phi) is 6.19. The van der Waals surface area contributed by atoms with Crippen molar-refractivity contribution < 1.29 is 9.53 Å². The fourth-order valence-electron chi connectivity index (χ4n) is 4.15. The van der Waals surface area contributed by atoms with Crippen LogP contribution in [0.25, 0.3) is 5.69 Å². The standard InChI is InChI=1S/C25H29N3O2/c1-3-30-16-8-14-26-25(29)28-18-21-10-4-5-12-22(21)27-15-7-13-23(27)24(28)20-11-6-9-19(2)17-20/h4-7,9-13,15,17,24H,3,8,14,16,18H2,1-2H3,(H,26,29). The van der Waals surface area contributed by atoms with E-state index in [0.717, 1.165) is 28.9 Å². The second kappa shape index (κ2) is 9.18. The van der Waals surface area contributed by atoms with Crippen LogP contribution in [0.4, 0.5) is 4.79 Å². The number of nitrogens with one attached hydrogen (secondary N) is 1. The first kappa shape index (κ1) is 20.2. The van der Waals surface area contributed by atoms with E-state index in [2.05, 4.69) is 71.5 Å². The molecule has 1 aromatic heterocycles. The van der Waals surface area contributed by atoms with Crippen molar-refractivity contribution in [1.29, 1.82) is 0 Å². The molecule has 2 heterocycles. The highest BCUT2D eigenvalue weighted by atomic mass is 16.5. The topological polar surface area (TPSA) is 46.5 Å². The van der Waals surface area contributed by atoms with Crippen molar-refractivity contribution in [3.05, 3.63) is 89.2 Å². The second-order valence-electron chi connectivity index (χ2n) is 7.66. The minimum absolute atomic E-state index is 0.0533. The van der Waals surface area contributed by atoms with Gasteiger partial charge in [-0.05, 0) is 49.6 Å². The first-order valence-electron chi connectivity index (χ1n) is 10.6. The minimum Gasteiger partial charge on any atom is -0.382 e. The van der Waals surface area contributed by atoms with Crippen LogP contribution in [0.15, 0.2) is 66.9 Å². The van der Waals surface area contributed by atoms with Crippen molar-refractivity contribution >= 4 is 6.03 Å². The van der Waals surface area contributed by atoms with Gasteiger partial charge in [0.1, 0.15) is 0 Å². The molecule has 1 atom stereocenters. The quantitative estimate of drug-likeness (QED) is 0.600. The average Bonchev–Trinajstić information content (AvgIpc) is 3.17. The summed E-state index contributed by atoms with van der Waals surface area (Å²) in [7, 11) is 0. The Morgan fingerprint density at radius 1 is 1.13 bits per heavy atom. The number of urea groups is 1. The van der Waals surface area contributed by atoms with E-state index in [1.807, 2.05) is 24.0 Å². The maximum Gasteiger partial charge on any atom is 0.318 e. The monoisotopic (exact) mass is 403 g/mol. The Labute approximate surface area is 178 Å². The highest BCUT2D eigenvalue weighted by Crippen LogP contribution is 2.36. The van der Waals surface area contributed by atoms with Crippen LogP contribution in [-0.2, 0) is 11.3 Å². The van der Waals surface area contributed by atoms with Gasteiger partial charge in [0.25, 0.3) is 0 Å². The van der Waals surface area contributed by atoms with Crippen molar-refractivity contribution in [3.63, 3.8) is 0 Å². The average molecular weight is 404 g/mol. The summed E-state index contributed by atoms with van der Waals surface area (Å²) in [5, 5.41) is 3.10. The lowest BCUT2D eigenvalue weighted by molar-refractivity contribution is 0.143. The van der Waals surface area contributed by atoms with Crippen molar-refractivity contribution in [2.75, 3.05) is 19.8 Å². The summed E-state index contributed by atoms with van der Waals surface area (Å²) >= 11 is 0. The van der Waals surface area contributed by atoms with Crippen molar-refractivity contribution in [3.8, 4) is 5.69 Å². The molecule has 3 aromatic rings. The number of carbonyl (C=O) groups is 1. The molecule has 5 nitrogen and oxygen atoms in total. The number of hydrogen-bond acceptors (Lipinski definition) is 2. The number of benzene rings is 2. The lowest BCUT2D eigenvalue weighted by atomic mass is 10.00. The third kappa shape index (κ3) is 4.12. The third-order valence-electron chi connectivity index (χ3n) is 5.53. The number of carbonyl (C=O) groups excluding carboxylic acids is 1. The van der Waals surface area contributed by atoms with E-state index in [-0.39, 0.29) is 12.1 Å². The van der Waals surface area contributed by atoms with Gasteiger partial charge in [-0.1, -0.05) is 48.0 Å². The molecule has 5 heteroatoms. The van der Waals surface area contributed by atoms with Gasteiger partial charge in [-0.15, -0.1) is 0 Å². The lowest BCUT2D eigenvalue weighted by Gasteiger charge is -2.31. The predicted octanol–water partition coefficient (Wildman–Crippen LogP) is 4.83. The molecule has 0 aliphatic carbocycles. The molecular weight excluding hydrogens is 374 g/mol. The normalized spacial score (nSPS) is 15.3. The molecule has 30 heavy (non-hydrogen) atoms. The van der Waals surface area contributed by atoms with Gasteiger partial charge in [-0.3, -0.25) is 0 Å². The van der Waals surface area contributed by atoms with Gasteiger partial charge in [0.2, 0.25) is 0 Å². The number of aromatic nitrogens is 1. The van der Waals surface area contributed by atoms with Crippen LogP contribution in [-0.4, -0.2) is 35.3 Å². The Balaban J connectivity index is 1.71. The SMILES string of the molecule is CCOCCCNC(=O)N1Cc2ccccc2-n2cccc2C1c1cccc(C)c1. The molecule has 0 bridgehead atoms. The number of amides is 2. The molecule has 2 amide bonds. The zero-order chi connectivity index (χ0) is 20.9. The van der Waals surface area contributed by atoms with E-state index in [0.29, 0.717) is 26.3 Å². The van der Waals surface area contributed by atoms with Gasteiger partial charge in [0.05, 0.1) is 18.3 Å². The summed E-state index contributed by atoms with van der Waals surface area (Å²) in [5.74, 6) is 0.